The van der Waals surface area contributed by atoms with E-state index < -0.39 is 5.97 Å². The topological polar surface area (TPSA) is 51.5 Å². The maximum absolute atomic E-state index is 10.7. The number of nitrogens with zero attached hydrogens (tertiary/aromatic N) is 1. The van der Waals surface area contributed by atoms with Crippen molar-refractivity contribution in [2.24, 2.45) is 7.05 Å². The molecule has 3 rings (SSSR count). The fourth-order valence-electron chi connectivity index (χ4n) is 2.87. The molecule has 0 atom stereocenters. The van der Waals surface area contributed by atoms with Crippen molar-refractivity contribution in [1.82, 2.24) is 4.57 Å². The minimum atomic E-state index is -0.786. The lowest BCUT2D eigenvalue weighted by Gasteiger charge is -2.04. The van der Waals surface area contributed by atoms with Crippen LogP contribution in [0.1, 0.15) is 12.0 Å². The van der Waals surface area contributed by atoms with Crippen LogP contribution < -0.4 is 4.74 Å². The van der Waals surface area contributed by atoms with Crippen LogP contribution in [0.25, 0.3) is 21.8 Å². The molecule has 1 aromatic heterocycles. The largest absolute Gasteiger partial charge is 0.496 e. The summed E-state index contributed by atoms with van der Waals surface area (Å²) in [7, 11) is 3.60. The number of fused-ring (bicyclic) bond motifs is 3. The number of hydrogen-bond donors (Lipinski definition) is 1. The van der Waals surface area contributed by atoms with Crippen molar-refractivity contribution >= 4 is 39.4 Å². The average molecular weight is 318 g/mol. The zero-order valence-electron chi connectivity index (χ0n) is 12.4. The number of ether oxygens (including phenoxy) is 1. The first kappa shape index (κ1) is 14.7. The van der Waals surface area contributed by atoms with Gasteiger partial charge in [0, 0.05) is 34.8 Å². The predicted molar refractivity (Wildman–Crippen MR) is 87.9 cm³/mol. The van der Waals surface area contributed by atoms with E-state index >= 15 is 0 Å². The highest BCUT2D eigenvalue weighted by atomic mass is 35.5. The van der Waals surface area contributed by atoms with E-state index in [1.165, 1.54) is 0 Å². The highest BCUT2D eigenvalue weighted by Gasteiger charge is 2.14. The summed E-state index contributed by atoms with van der Waals surface area (Å²) in [5, 5.41) is 11.5. The zero-order valence-corrected chi connectivity index (χ0v) is 13.1. The Morgan fingerprint density at radius 3 is 2.73 bits per heavy atom. The number of methoxy groups -OCH3 is 1. The lowest BCUT2D eigenvalue weighted by Crippen LogP contribution is -1.97. The van der Waals surface area contributed by atoms with E-state index in [9.17, 15) is 4.79 Å². The molecule has 0 unspecified atom stereocenters. The summed E-state index contributed by atoms with van der Waals surface area (Å²) >= 11 is 6.16. The van der Waals surface area contributed by atoms with Crippen LogP contribution in [0.5, 0.6) is 5.75 Å². The predicted octanol–water partition coefficient (Wildman–Crippen LogP) is 4.01. The number of benzene rings is 2. The maximum atomic E-state index is 10.7. The molecule has 0 amide bonds. The fourth-order valence-corrected chi connectivity index (χ4v) is 3.07. The second kappa shape index (κ2) is 5.54. The first-order valence-corrected chi connectivity index (χ1v) is 7.35. The number of aliphatic carboxylic acids is 1. The van der Waals surface area contributed by atoms with Crippen molar-refractivity contribution in [2.75, 3.05) is 7.11 Å². The quantitative estimate of drug-likeness (QED) is 0.791. The second-order valence-corrected chi connectivity index (χ2v) is 5.74. The number of carboxylic acids is 1. The van der Waals surface area contributed by atoms with Gasteiger partial charge in [-0.3, -0.25) is 4.79 Å². The molecule has 0 aliphatic heterocycles. The number of halogens is 1. The Hall–Kier alpha value is -2.20. The minimum absolute atomic E-state index is 0.130. The highest BCUT2D eigenvalue weighted by molar-refractivity contribution is 6.32. The van der Waals surface area contributed by atoms with Gasteiger partial charge >= 0.3 is 5.97 Å². The van der Waals surface area contributed by atoms with Crippen LogP contribution in [0.3, 0.4) is 0 Å². The minimum Gasteiger partial charge on any atom is -0.496 e. The fraction of sp³-hybridized carbons (Fsp3) is 0.235. The number of aromatic nitrogens is 1. The summed E-state index contributed by atoms with van der Waals surface area (Å²) in [6.07, 6.45) is 0.648. The molecule has 0 bridgehead atoms. The van der Waals surface area contributed by atoms with Gasteiger partial charge in [-0.25, -0.2) is 0 Å². The summed E-state index contributed by atoms with van der Waals surface area (Å²) in [5.74, 6) is -0.0445. The third-order valence-electron chi connectivity index (χ3n) is 3.95. The van der Waals surface area contributed by atoms with Crippen molar-refractivity contribution < 1.29 is 14.6 Å². The van der Waals surface area contributed by atoms with Crippen molar-refractivity contribution in [3.8, 4) is 5.75 Å². The molecule has 3 aromatic rings. The number of carbonyl (C=O) groups is 1. The van der Waals surface area contributed by atoms with Crippen LogP contribution in [-0.2, 0) is 18.3 Å². The van der Waals surface area contributed by atoms with Crippen molar-refractivity contribution in [3.63, 3.8) is 0 Å². The van der Waals surface area contributed by atoms with E-state index in [2.05, 4.69) is 4.57 Å². The van der Waals surface area contributed by atoms with E-state index in [1.54, 1.807) is 7.11 Å². The van der Waals surface area contributed by atoms with Crippen molar-refractivity contribution in [3.05, 3.63) is 40.9 Å². The third-order valence-corrected chi connectivity index (χ3v) is 4.17. The van der Waals surface area contributed by atoms with Gasteiger partial charge in [0.05, 0.1) is 12.6 Å². The van der Waals surface area contributed by atoms with E-state index in [0.717, 1.165) is 33.1 Å². The summed E-state index contributed by atoms with van der Waals surface area (Å²) in [6.45, 7) is 0. The Balaban J connectivity index is 2.23. The molecule has 0 saturated carbocycles. The first-order valence-electron chi connectivity index (χ1n) is 6.97. The summed E-state index contributed by atoms with van der Waals surface area (Å²) in [6, 6.07) is 9.74. The molecule has 0 fully saturated rings. The van der Waals surface area contributed by atoms with Gasteiger partial charge in [-0.2, -0.15) is 0 Å². The second-order valence-electron chi connectivity index (χ2n) is 5.31. The van der Waals surface area contributed by atoms with Gasteiger partial charge in [0.25, 0.3) is 0 Å². The molecule has 5 heteroatoms. The van der Waals surface area contributed by atoms with Crippen LogP contribution in [0.2, 0.25) is 5.02 Å². The summed E-state index contributed by atoms with van der Waals surface area (Å²) in [4.78, 5) is 10.7. The molecule has 22 heavy (non-hydrogen) atoms. The van der Waals surface area contributed by atoms with Gasteiger partial charge in [0.1, 0.15) is 5.75 Å². The summed E-state index contributed by atoms with van der Waals surface area (Å²) in [5.41, 5.74) is 3.04. The van der Waals surface area contributed by atoms with Gasteiger partial charge in [-0.05, 0) is 30.2 Å². The van der Waals surface area contributed by atoms with Crippen LogP contribution >= 0.6 is 11.6 Å². The van der Waals surface area contributed by atoms with Crippen LogP contribution in [0.4, 0.5) is 0 Å². The van der Waals surface area contributed by atoms with Gasteiger partial charge in [-0.1, -0.05) is 23.7 Å². The van der Waals surface area contributed by atoms with Gasteiger partial charge in [0.15, 0.2) is 0 Å². The third kappa shape index (κ3) is 2.40. The molecule has 0 spiro atoms. The molecular formula is C17H16ClNO3. The molecule has 1 heterocycles. The number of carboxylic acid groups (broad SMARTS) is 1. The number of rotatable bonds is 4. The van der Waals surface area contributed by atoms with Crippen molar-refractivity contribution in [1.29, 1.82) is 0 Å². The first-order chi connectivity index (χ1) is 10.5. The molecule has 0 saturated heterocycles. The van der Waals surface area contributed by atoms with Gasteiger partial charge < -0.3 is 14.4 Å². The van der Waals surface area contributed by atoms with Crippen LogP contribution in [0, 0.1) is 0 Å². The molecule has 2 aromatic carbocycles. The Morgan fingerprint density at radius 1 is 1.27 bits per heavy atom. The van der Waals surface area contributed by atoms with Gasteiger partial charge in [-0.15, -0.1) is 0 Å². The Labute approximate surface area is 132 Å². The Bertz CT molecular complexity index is 883. The van der Waals surface area contributed by atoms with Crippen LogP contribution in [-0.4, -0.2) is 22.8 Å². The lowest BCUT2D eigenvalue weighted by atomic mass is 10.1. The molecule has 1 N–H and O–H groups in total. The van der Waals surface area contributed by atoms with E-state index in [4.69, 9.17) is 21.4 Å². The highest BCUT2D eigenvalue weighted by Crippen LogP contribution is 2.37. The lowest BCUT2D eigenvalue weighted by molar-refractivity contribution is -0.136. The smallest absolute Gasteiger partial charge is 0.303 e. The monoisotopic (exact) mass is 317 g/mol. The molecule has 0 radical (unpaired) electrons. The molecule has 0 aliphatic carbocycles. The number of aryl methyl sites for hydroxylation is 2. The zero-order chi connectivity index (χ0) is 15.9. The Morgan fingerprint density at radius 2 is 2.05 bits per heavy atom. The molecular weight excluding hydrogens is 302 g/mol. The van der Waals surface area contributed by atoms with E-state index in [-0.39, 0.29) is 6.42 Å². The van der Waals surface area contributed by atoms with Crippen LogP contribution in [0.15, 0.2) is 30.3 Å². The van der Waals surface area contributed by atoms with E-state index in [0.29, 0.717) is 11.4 Å². The van der Waals surface area contributed by atoms with Crippen molar-refractivity contribution in [2.45, 2.75) is 12.8 Å². The molecule has 114 valence electrons. The Kier molecular flexibility index (Phi) is 3.71. The molecule has 0 aliphatic rings. The molecule has 4 nitrogen and oxygen atoms in total. The van der Waals surface area contributed by atoms with Gasteiger partial charge in [0.2, 0.25) is 0 Å². The normalized spacial score (nSPS) is 11.2. The SMILES string of the molecule is COc1cc(Cl)cc2c1c1ccc(CCC(=O)O)cc1n2C. The average Bonchev–Trinajstić information content (AvgIpc) is 2.77. The number of hydrogen-bond acceptors (Lipinski definition) is 2. The van der Waals surface area contributed by atoms with E-state index in [1.807, 2.05) is 37.4 Å². The maximum Gasteiger partial charge on any atom is 0.303 e. The standard InChI is InChI=1S/C17H16ClNO3/c1-19-13-7-10(4-6-16(20)21)3-5-12(13)17-14(19)8-11(18)9-15(17)22-2/h3,5,7-9H,4,6H2,1-2H3,(H,20,21). The summed E-state index contributed by atoms with van der Waals surface area (Å²) < 4.78 is 7.52.